The summed E-state index contributed by atoms with van der Waals surface area (Å²) in [6.07, 6.45) is 10.3. The van der Waals surface area contributed by atoms with Gasteiger partial charge in [-0.15, -0.1) is 0 Å². The number of hydrogen-bond acceptors (Lipinski definition) is 5. The molecule has 0 spiro atoms. The fourth-order valence-electron chi connectivity index (χ4n) is 6.15. The maximum absolute atomic E-state index is 12.9. The Hall–Kier alpha value is -3.68. The molecule has 6 rings (SSSR count). The number of carbonyl (C=O) groups excluding carboxylic acids is 1. The van der Waals surface area contributed by atoms with Crippen LogP contribution in [0.4, 0.5) is 5.69 Å². The minimum Gasteiger partial charge on any atom is -0.368 e. The van der Waals surface area contributed by atoms with Crippen LogP contribution in [0.25, 0.3) is 22.0 Å². The molecule has 2 aliphatic heterocycles. The molecule has 2 saturated heterocycles. The number of nitrogens with one attached hydrogen (secondary N) is 2. The molecule has 2 aliphatic rings. The Bertz CT molecular complexity index is 1420. The first-order chi connectivity index (χ1) is 19.7. The Balaban J connectivity index is 1.05. The first-order valence-electron chi connectivity index (χ1n) is 14.8. The average Bonchev–Trinajstić information content (AvgIpc) is 3.69. The molecule has 208 valence electrons. The van der Waals surface area contributed by atoms with Gasteiger partial charge in [0.2, 0.25) is 0 Å². The number of amides is 1. The molecule has 2 N–H and O–H groups in total. The lowest BCUT2D eigenvalue weighted by Crippen LogP contribution is -2.47. The third kappa shape index (κ3) is 6.21. The zero-order chi connectivity index (χ0) is 27.1. The average molecular weight is 537 g/mol. The van der Waals surface area contributed by atoms with Gasteiger partial charge in [-0.1, -0.05) is 36.4 Å². The second-order valence-electron chi connectivity index (χ2n) is 11.1. The van der Waals surface area contributed by atoms with Gasteiger partial charge < -0.3 is 20.1 Å². The molecule has 0 atom stereocenters. The van der Waals surface area contributed by atoms with Crippen LogP contribution in [-0.4, -0.2) is 84.6 Å². The van der Waals surface area contributed by atoms with E-state index in [0.717, 1.165) is 63.2 Å². The molecule has 4 aromatic rings. The molecule has 40 heavy (non-hydrogen) atoms. The van der Waals surface area contributed by atoms with E-state index in [1.165, 1.54) is 48.1 Å². The summed E-state index contributed by atoms with van der Waals surface area (Å²) in [5.41, 5.74) is 6.56. The minimum atomic E-state index is -0.0444. The second kappa shape index (κ2) is 12.7. The predicted octanol–water partition coefficient (Wildman–Crippen LogP) is 4.81. The summed E-state index contributed by atoms with van der Waals surface area (Å²) in [5, 5.41) is 4.43. The summed E-state index contributed by atoms with van der Waals surface area (Å²) in [6.45, 7) is 9.24. The van der Waals surface area contributed by atoms with Crippen molar-refractivity contribution in [3.8, 4) is 11.1 Å². The Morgan fingerprint density at radius 1 is 0.875 bits per heavy atom. The van der Waals surface area contributed by atoms with Gasteiger partial charge in [-0.2, -0.15) is 0 Å². The molecule has 0 unspecified atom stereocenters. The smallest absolute Gasteiger partial charge is 0.252 e. The molecule has 2 aromatic heterocycles. The Morgan fingerprint density at radius 3 is 2.52 bits per heavy atom. The van der Waals surface area contributed by atoms with Crippen LogP contribution in [0.2, 0.25) is 0 Å². The molecule has 0 aliphatic carbocycles. The summed E-state index contributed by atoms with van der Waals surface area (Å²) >= 11 is 0. The van der Waals surface area contributed by atoms with Crippen LogP contribution in [0, 0.1) is 0 Å². The number of H-pyrrole nitrogens is 1. The quantitative estimate of drug-likeness (QED) is 0.285. The number of pyridine rings is 1. The Labute approximate surface area is 237 Å². The van der Waals surface area contributed by atoms with Crippen molar-refractivity contribution < 1.29 is 4.79 Å². The fraction of sp³-hybridized carbons (Fsp3) is 0.394. The zero-order valence-electron chi connectivity index (χ0n) is 23.3. The standard InChI is InChI=1S/C33H40N6O/c40-33(35-13-7-16-37-14-5-6-15-37)28-22-27(23-34-24-28)30-9-2-4-11-32(30)39-20-18-38(19-21-39)17-12-26-25-36-31-10-3-1-8-29(26)31/h1-4,8-11,22-25,36H,5-7,12-21H2,(H,35,40). The third-order valence-electron chi connectivity index (χ3n) is 8.44. The normalized spacial score (nSPS) is 16.6. The molecule has 1 amide bonds. The second-order valence-corrected chi connectivity index (χ2v) is 11.1. The van der Waals surface area contributed by atoms with Gasteiger partial charge in [-0.25, -0.2) is 0 Å². The lowest BCUT2D eigenvalue weighted by molar-refractivity contribution is 0.0951. The molecule has 2 fully saturated rings. The number of nitrogens with zero attached hydrogens (tertiary/aromatic N) is 4. The summed E-state index contributed by atoms with van der Waals surface area (Å²) < 4.78 is 0. The maximum Gasteiger partial charge on any atom is 0.252 e. The number of aromatic nitrogens is 2. The number of fused-ring (bicyclic) bond motifs is 1. The van der Waals surface area contributed by atoms with E-state index in [-0.39, 0.29) is 5.91 Å². The van der Waals surface area contributed by atoms with Crippen LogP contribution in [-0.2, 0) is 6.42 Å². The summed E-state index contributed by atoms with van der Waals surface area (Å²) in [6, 6.07) is 19.0. The molecule has 2 aromatic carbocycles. The van der Waals surface area contributed by atoms with Gasteiger partial charge in [0.15, 0.2) is 0 Å². The topological polar surface area (TPSA) is 67.5 Å². The van der Waals surface area contributed by atoms with E-state index in [1.807, 2.05) is 12.3 Å². The van der Waals surface area contributed by atoms with Crippen molar-refractivity contribution in [2.24, 2.45) is 0 Å². The summed E-state index contributed by atoms with van der Waals surface area (Å²) in [5.74, 6) is -0.0444. The van der Waals surface area contributed by atoms with Gasteiger partial charge >= 0.3 is 0 Å². The van der Waals surface area contributed by atoms with Crippen molar-refractivity contribution in [2.45, 2.75) is 25.7 Å². The maximum atomic E-state index is 12.9. The number of piperazine rings is 1. The van der Waals surface area contributed by atoms with Gasteiger partial charge in [-0.3, -0.25) is 14.7 Å². The minimum absolute atomic E-state index is 0.0444. The van der Waals surface area contributed by atoms with Crippen molar-refractivity contribution in [3.63, 3.8) is 0 Å². The van der Waals surface area contributed by atoms with Gasteiger partial charge in [0.05, 0.1) is 5.56 Å². The first-order valence-corrected chi connectivity index (χ1v) is 14.8. The first kappa shape index (κ1) is 26.5. The van der Waals surface area contributed by atoms with Gasteiger partial charge in [0, 0.05) is 85.6 Å². The van der Waals surface area contributed by atoms with Crippen LogP contribution in [0.5, 0.6) is 0 Å². The third-order valence-corrected chi connectivity index (χ3v) is 8.44. The van der Waals surface area contributed by atoms with E-state index in [0.29, 0.717) is 12.1 Å². The number of likely N-dealkylation sites (tertiary alicyclic amines) is 1. The van der Waals surface area contributed by atoms with Crippen molar-refractivity contribution in [1.82, 2.24) is 25.1 Å². The van der Waals surface area contributed by atoms with E-state index < -0.39 is 0 Å². The van der Waals surface area contributed by atoms with Crippen LogP contribution in [0.15, 0.2) is 73.2 Å². The molecule has 0 saturated carbocycles. The highest BCUT2D eigenvalue weighted by molar-refractivity contribution is 5.95. The largest absolute Gasteiger partial charge is 0.368 e. The number of hydrogen-bond donors (Lipinski definition) is 2. The molecule has 0 bridgehead atoms. The zero-order valence-corrected chi connectivity index (χ0v) is 23.3. The molecule has 0 radical (unpaired) electrons. The van der Waals surface area contributed by atoms with Crippen molar-refractivity contribution in [3.05, 3.63) is 84.3 Å². The van der Waals surface area contributed by atoms with E-state index in [4.69, 9.17) is 0 Å². The molecular formula is C33H40N6O. The predicted molar refractivity (Wildman–Crippen MR) is 163 cm³/mol. The number of rotatable bonds is 10. The highest BCUT2D eigenvalue weighted by Gasteiger charge is 2.20. The van der Waals surface area contributed by atoms with Crippen LogP contribution >= 0.6 is 0 Å². The number of anilines is 1. The number of para-hydroxylation sites is 2. The SMILES string of the molecule is O=C(NCCCN1CCCC1)c1cncc(-c2ccccc2N2CCN(CCc3c[nH]c4ccccc34)CC2)c1. The Kier molecular flexibility index (Phi) is 8.40. The van der Waals surface area contributed by atoms with E-state index in [1.54, 1.807) is 6.20 Å². The van der Waals surface area contributed by atoms with Gasteiger partial charge in [-0.05, 0) is 69.1 Å². The lowest BCUT2D eigenvalue weighted by atomic mass is 10.0. The van der Waals surface area contributed by atoms with Crippen LogP contribution < -0.4 is 10.2 Å². The van der Waals surface area contributed by atoms with Crippen LogP contribution in [0.1, 0.15) is 35.2 Å². The van der Waals surface area contributed by atoms with Crippen molar-refractivity contribution >= 4 is 22.5 Å². The van der Waals surface area contributed by atoms with Crippen molar-refractivity contribution in [2.75, 3.05) is 63.8 Å². The fourth-order valence-corrected chi connectivity index (χ4v) is 6.15. The molecule has 7 nitrogen and oxygen atoms in total. The summed E-state index contributed by atoms with van der Waals surface area (Å²) in [4.78, 5) is 28.3. The monoisotopic (exact) mass is 536 g/mol. The molecule has 7 heteroatoms. The summed E-state index contributed by atoms with van der Waals surface area (Å²) in [7, 11) is 0. The number of carbonyl (C=O) groups is 1. The van der Waals surface area contributed by atoms with Crippen LogP contribution in [0.3, 0.4) is 0 Å². The number of aromatic amines is 1. The van der Waals surface area contributed by atoms with E-state index >= 15 is 0 Å². The van der Waals surface area contributed by atoms with E-state index in [2.05, 4.69) is 84.7 Å². The van der Waals surface area contributed by atoms with Gasteiger partial charge in [0.1, 0.15) is 0 Å². The molecule has 4 heterocycles. The van der Waals surface area contributed by atoms with Crippen molar-refractivity contribution in [1.29, 1.82) is 0 Å². The molecular weight excluding hydrogens is 496 g/mol. The Morgan fingerprint density at radius 2 is 1.65 bits per heavy atom. The lowest BCUT2D eigenvalue weighted by Gasteiger charge is -2.37. The highest BCUT2D eigenvalue weighted by Crippen LogP contribution is 2.31. The van der Waals surface area contributed by atoms with Gasteiger partial charge in [0.25, 0.3) is 5.91 Å². The van der Waals surface area contributed by atoms with E-state index in [9.17, 15) is 4.79 Å². The number of benzene rings is 2. The highest BCUT2D eigenvalue weighted by atomic mass is 16.1.